The van der Waals surface area contributed by atoms with Gasteiger partial charge in [0.1, 0.15) is 0 Å². The van der Waals surface area contributed by atoms with E-state index in [1.807, 2.05) is 0 Å². The number of hydrogen-bond acceptors (Lipinski definition) is 1. The second kappa shape index (κ2) is 12.8. The molecule has 0 N–H and O–H groups in total. The smallest absolute Gasteiger partial charge is 0.247 e. The third-order valence-electron chi connectivity index (χ3n) is 13.1. The lowest BCUT2D eigenvalue weighted by Gasteiger charge is -2.46. The fourth-order valence-electron chi connectivity index (χ4n) is 10.6. The number of benzene rings is 5. The predicted octanol–water partition coefficient (Wildman–Crippen LogP) is 9.31. The average Bonchev–Trinajstić information content (AvgIpc) is 3.08. The molecule has 0 radical (unpaired) electrons. The zero-order chi connectivity index (χ0) is 37.7. The molecule has 3 heteroatoms. The van der Waals surface area contributed by atoms with Crippen LogP contribution in [0.25, 0.3) is 0 Å². The van der Waals surface area contributed by atoms with Gasteiger partial charge in [-0.3, -0.25) is 0 Å². The summed E-state index contributed by atoms with van der Waals surface area (Å²) in [5.74, 6) is 0.602. The molecule has 2 aliphatic heterocycles. The number of nitrogens with zero attached hydrogens (tertiary/aromatic N) is 1. The van der Waals surface area contributed by atoms with Crippen molar-refractivity contribution in [3.63, 3.8) is 0 Å². The maximum Gasteiger partial charge on any atom is 0.247 e. The van der Waals surface area contributed by atoms with E-state index in [-0.39, 0.29) is 24.3 Å². The number of aryl methyl sites for hydroxylation is 6. The van der Waals surface area contributed by atoms with Crippen molar-refractivity contribution < 1.29 is 0 Å². The standard InChI is InChI=1S/C50H59B2N/c1-30-22-32(3)46(33(4)23-30)51-40-28-38(49(7,8)9)18-20-44(40)53-45-21-19-39(50(10,11)12)29-41(45)52(47-34(5)24-31(2)25-35(47)6)43-27-37(26-42(51)48(43)53)36-16-14-13-15-17-36/h18-29,36H,13-17H2,1-12H3. The van der Waals surface area contributed by atoms with E-state index in [1.165, 1.54) is 126 Å². The van der Waals surface area contributed by atoms with Gasteiger partial charge in [-0.05, 0) is 122 Å². The van der Waals surface area contributed by atoms with Crippen LogP contribution in [0, 0.1) is 41.5 Å². The molecule has 0 saturated heterocycles. The molecule has 0 atom stereocenters. The van der Waals surface area contributed by atoms with Crippen molar-refractivity contribution in [2.24, 2.45) is 0 Å². The Bertz CT molecular complexity index is 2080. The highest BCUT2D eigenvalue weighted by Crippen LogP contribution is 2.42. The van der Waals surface area contributed by atoms with Crippen molar-refractivity contribution in [3.05, 3.63) is 123 Å². The van der Waals surface area contributed by atoms with Gasteiger partial charge in [0.05, 0.1) is 0 Å². The fourth-order valence-corrected chi connectivity index (χ4v) is 10.6. The van der Waals surface area contributed by atoms with Crippen LogP contribution in [-0.2, 0) is 10.8 Å². The van der Waals surface area contributed by atoms with Crippen LogP contribution in [-0.4, -0.2) is 13.4 Å². The number of fused-ring (bicyclic) bond motifs is 4. The Kier molecular flexibility index (Phi) is 8.71. The van der Waals surface area contributed by atoms with E-state index in [0.717, 1.165) is 0 Å². The van der Waals surface area contributed by atoms with Crippen LogP contribution in [0.15, 0.2) is 72.8 Å². The second-order valence-electron chi connectivity index (χ2n) is 19.3. The molecule has 0 amide bonds. The Morgan fingerprint density at radius 2 is 0.887 bits per heavy atom. The molecule has 0 aromatic heterocycles. The van der Waals surface area contributed by atoms with E-state index in [0.29, 0.717) is 5.92 Å². The zero-order valence-corrected chi connectivity index (χ0v) is 34.6. The van der Waals surface area contributed by atoms with E-state index in [2.05, 4.69) is 161 Å². The third kappa shape index (κ3) is 6.02. The lowest BCUT2D eigenvalue weighted by atomic mass is 9.29. The lowest BCUT2D eigenvalue weighted by Crippen LogP contribution is -2.66. The van der Waals surface area contributed by atoms with Gasteiger partial charge in [0, 0.05) is 17.1 Å². The van der Waals surface area contributed by atoms with Gasteiger partial charge < -0.3 is 4.90 Å². The molecule has 1 saturated carbocycles. The highest BCUT2D eigenvalue weighted by Gasteiger charge is 2.46. The largest absolute Gasteiger partial charge is 0.313 e. The highest BCUT2D eigenvalue weighted by atomic mass is 15.2. The minimum absolute atomic E-state index is 0.0410. The normalized spacial score (nSPS) is 15.7. The summed E-state index contributed by atoms with van der Waals surface area (Å²) in [5, 5.41) is 0. The zero-order valence-electron chi connectivity index (χ0n) is 34.6. The van der Waals surface area contributed by atoms with Crippen LogP contribution in [0.4, 0.5) is 17.1 Å². The molecule has 1 nitrogen and oxygen atoms in total. The molecule has 0 bridgehead atoms. The van der Waals surface area contributed by atoms with Gasteiger partial charge in [-0.25, -0.2) is 0 Å². The van der Waals surface area contributed by atoms with Crippen molar-refractivity contribution in [3.8, 4) is 0 Å². The molecule has 3 aliphatic rings. The van der Waals surface area contributed by atoms with Crippen molar-refractivity contribution >= 4 is 63.3 Å². The van der Waals surface area contributed by atoms with Crippen LogP contribution in [0.2, 0.25) is 0 Å². The molecular formula is C50H59B2N. The third-order valence-corrected chi connectivity index (χ3v) is 13.1. The van der Waals surface area contributed by atoms with Gasteiger partial charge in [-0.2, -0.15) is 0 Å². The minimum Gasteiger partial charge on any atom is -0.313 e. The molecule has 5 aromatic rings. The monoisotopic (exact) mass is 695 g/mol. The van der Waals surface area contributed by atoms with Crippen LogP contribution in [0.1, 0.15) is 130 Å². The Morgan fingerprint density at radius 1 is 0.491 bits per heavy atom. The van der Waals surface area contributed by atoms with Gasteiger partial charge in [-0.1, -0.05) is 166 Å². The molecule has 1 fully saturated rings. The van der Waals surface area contributed by atoms with E-state index in [9.17, 15) is 0 Å². The second-order valence-corrected chi connectivity index (χ2v) is 19.3. The topological polar surface area (TPSA) is 3.24 Å². The van der Waals surface area contributed by atoms with Gasteiger partial charge in [0.25, 0.3) is 0 Å². The molecule has 270 valence electrons. The van der Waals surface area contributed by atoms with E-state index >= 15 is 0 Å². The molecule has 8 rings (SSSR count). The predicted molar refractivity (Wildman–Crippen MR) is 235 cm³/mol. The number of anilines is 3. The molecule has 1 aliphatic carbocycles. The lowest BCUT2D eigenvalue weighted by molar-refractivity contribution is 0.444. The van der Waals surface area contributed by atoms with Crippen LogP contribution < -0.4 is 37.7 Å². The molecule has 0 unspecified atom stereocenters. The molecule has 5 aromatic carbocycles. The summed E-state index contributed by atoms with van der Waals surface area (Å²) in [6, 6.07) is 30.0. The first kappa shape index (κ1) is 36.0. The summed E-state index contributed by atoms with van der Waals surface area (Å²) < 4.78 is 0. The summed E-state index contributed by atoms with van der Waals surface area (Å²) >= 11 is 0. The minimum atomic E-state index is 0.0410. The maximum absolute atomic E-state index is 2.70. The summed E-state index contributed by atoms with van der Waals surface area (Å²) in [7, 11) is 0. The van der Waals surface area contributed by atoms with E-state index in [1.54, 1.807) is 5.56 Å². The fraction of sp³-hybridized carbons (Fsp3) is 0.400. The van der Waals surface area contributed by atoms with Crippen LogP contribution >= 0.6 is 0 Å². The van der Waals surface area contributed by atoms with Crippen molar-refractivity contribution in [2.75, 3.05) is 4.90 Å². The van der Waals surface area contributed by atoms with Crippen LogP contribution in [0.3, 0.4) is 0 Å². The SMILES string of the molecule is Cc1cc(C)c(B2c3cc(C(C)(C)C)ccc3N3c4ccc(C(C)(C)C)cc4B(c4c(C)cc(C)cc4C)c4cc(C5CCCCC5)cc2c43)c(C)c1. The van der Waals surface area contributed by atoms with Gasteiger partial charge in [-0.15, -0.1) is 0 Å². The Morgan fingerprint density at radius 3 is 1.26 bits per heavy atom. The highest BCUT2D eigenvalue weighted by molar-refractivity contribution is 7.02. The maximum atomic E-state index is 2.70. The van der Waals surface area contributed by atoms with E-state index in [4.69, 9.17) is 0 Å². The Labute approximate surface area is 321 Å². The average molecular weight is 696 g/mol. The number of rotatable bonds is 3. The number of hydrogen-bond donors (Lipinski definition) is 0. The molecule has 0 spiro atoms. The molecular weight excluding hydrogens is 636 g/mol. The van der Waals surface area contributed by atoms with Gasteiger partial charge in [0.15, 0.2) is 0 Å². The van der Waals surface area contributed by atoms with Crippen molar-refractivity contribution in [1.82, 2.24) is 0 Å². The summed E-state index contributed by atoms with van der Waals surface area (Å²) in [5.41, 5.74) is 25.7. The first-order valence-electron chi connectivity index (χ1n) is 20.4. The van der Waals surface area contributed by atoms with E-state index < -0.39 is 0 Å². The quantitative estimate of drug-likeness (QED) is 0.167. The van der Waals surface area contributed by atoms with Crippen LogP contribution in [0.5, 0.6) is 0 Å². The molecule has 53 heavy (non-hydrogen) atoms. The Balaban J connectivity index is 1.54. The summed E-state index contributed by atoms with van der Waals surface area (Å²) in [6.07, 6.45) is 6.61. The first-order chi connectivity index (χ1) is 25.0. The van der Waals surface area contributed by atoms with Crippen molar-refractivity contribution in [1.29, 1.82) is 0 Å². The summed E-state index contributed by atoms with van der Waals surface area (Å²) in [4.78, 5) is 2.70. The Hall–Kier alpha value is -3.97. The summed E-state index contributed by atoms with van der Waals surface area (Å²) in [6.45, 7) is 28.4. The van der Waals surface area contributed by atoms with Gasteiger partial charge in [0.2, 0.25) is 13.4 Å². The van der Waals surface area contributed by atoms with Gasteiger partial charge >= 0.3 is 0 Å². The van der Waals surface area contributed by atoms with Crippen molar-refractivity contribution in [2.45, 2.75) is 132 Å². The first-order valence-corrected chi connectivity index (χ1v) is 20.4. The molecule has 2 heterocycles.